The molecule has 2 aromatic heterocycles. The van der Waals surface area contributed by atoms with Gasteiger partial charge >= 0.3 is 5.97 Å². The number of carbonyl (C=O) groups is 2. The van der Waals surface area contributed by atoms with E-state index in [0.717, 1.165) is 0 Å². The fourth-order valence-electron chi connectivity index (χ4n) is 3.99. The summed E-state index contributed by atoms with van der Waals surface area (Å²) in [5, 5.41) is 0.233. The number of fused-ring (bicyclic) bond motifs is 1. The number of ketones is 1. The highest BCUT2D eigenvalue weighted by Crippen LogP contribution is 2.29. The Morgan fingerprint density at radius 2 is 1.83 bits per heavy atom. The van der Waals surface area contributed by atoms with Gasteiger partial charge in [-0.15, -0.1) is 0 Å². The summed E-state index contributed by atoms with van der Waals surface area (Å²) in [4.78, 5) is 46.8. The quantitative estimate of drug-likeness (QED) is 0.176. The molecule has 0 radical (unpaired) electrons. The number of hydrogen-bond donors (Lipinski definition) is 1. The first-order valence-corrected chi connectivity index (χ1v) is 11.8. The predicted octanol–water partition coefficient (Wildman–Crippen LogP) is 4.49. The van der Waals surface area contributed by atoms with Crippen LogP contribution in [0, 0.1) is 13.8 Å². The van der Waals surface area contributed by atoms with Crippen molar-refractivity contribution in [1.82, 2.24) is 14.5 Å². The molecule has 180 valence electrons. The lowest BCUT2D eigenvalue weighted by atomic mass is 10.1. The van der Waals surface area contributed by atoms with E-state index in [1.165, 1.54) is 23.4 Å². The van der Waals surface area contributed by atoms with Gasteiger partial charge in [-0.25, -0.2) is 9.78 Å². The van der Waals surface area contributed by atoms with Gasteiger partial charge in [0, 0.05) is 11.8 Å². The molecule has 4 rings (SSSR count). The van der Waals surface area contributed by atoms with Crippen molar-refractivity contribution >= 4 is 34.4 Å². The van der Waals surface area contributed by atoms with Gasteiger partial charge in [0.2, 0.25) is 0 Å². The van der Waals surface area contributed by atoms with E-state index in [0.29, 0.717) is 50.0 Å². The number of thioether (sulfide) groups is 1. The largest absolute Gasteiger partial charge is 0.497 e. The molecule has 0 bridgehead atoms. The molecule has 1 unspecified atom stereocenters. The maximum atomic E-state index is 13.5. The van der Waals surface area contributed by atoms with Crippen molar-refractivity contribution in [2.75, 3.05) is 14.2 Å². The van der Waals surface area contributed by atoms with Gasteiger partial charge in [0.05, 0.1) is 47.3 Å². The van der Waals surface area contributed by atoms with Crippen LogP contribution < -0.4 is 10.3 Å². The van der Waals surface area contributed by atoms with Crippen LogP contribution in [0.15, 0.2) is 58.5 Å². The molecule has 0 aliphatic rings. The zero-order valence-electron chi connectivity index (χ0n) is 20.0. The van der Waals surface area contributed by atoms with E-state index in [1.54, 1.807) is 70.3 Å². The molecular formula is C26H25N3O5S. The molecule has 2 aromatic carbocycles. The Labute approximate surface area is 206 Å². The summed E-state index contributed by atoms with van der Waals surface area (Å²) in [5.41, 5.74) is 2.65. The Morgan fingerprint density at radius 1 is 1.09 bits per heavy atom. The molecule has 35 heavy (non-hydrogen) atoms. The number of para-hydroxylation sites is 1. The van der Waals surface area contributed by atoms with E-state index in [4.69, 9.17) is 14.5 Å². The maximum absolute atomic E-state index is 13.5. The van der Waals surface area contributed by atoms with Crippen LogP contribution in [0.2, 0.25) is 0 Å². The summed E-state index contributed by atoms with van der Waals surface area (Å²) in [6.45, 7) is 5.18. The van der Waals surface area contributed by atoms with E-state index >= 15 is 0 Å². The van der Waals surface area contributed by atoms with E-state index in [9.17, 15) is 14.4 Å². The minimum Gasteiger partial charge on any atom is -0.497 e. The van der Waals surface area contributed by atoms with E-state index < -0.39 is 11.2 Å². The number of aromatic nitrogens is 3. The van der Waals surface area contributed by atoms with Gasteiger partial charge in [-0.3, -0.25) is 14.2 Å². The molecule has 8 nitrogen and oxygen atoms in total. The number of nitrogens with one attached hydrogen (secondary N) is 1. The highest BCUT2D eigenvalue weighted by atomic mass is 32.2. The van der Waals surface area contributed by atoms with Crippen LogP contribution in [0.3, 0.4) is 0 Å². The third-order valence-corrected chi connectivity index (χ3v) is 6.83. The zero-order chi connectivity index (χ0) is 25.3. The highest BCUT2D eigenvalue weighted by molar-refractivity contribution is 8.00. The number of esters is 1. The fraction of sp³-hybridized carbons (Fsp3) is 0.231. The molecule has 0 aliphatic carbocycles. The van der Waals surface area contributed by atoms with Crippen molar-refractivity contribution in [1.29, 1.82) is 0 Å². The molecule has 1 atom stereocenters. The van der Waals surface area contributed by atoms with Gasteiger partial charge in [0.1, 0.15) is 5.75 Å². The Kier molecular flexibility index (Phi) is 6.79. The summed E-state index contributed by atoms with van der Waals surface area (Å²) < 4.78 is 11.7. The maximum Gasteiger partial charge on any atom is 0.339 e. The highest BCUT2D eigenvalue weighted by Gasteiger charge is 2.27. The third-order valence-electron chi connectivity index (χ3n) is 5.78. The van der Waals surface area contributed by atoms with Crippen LogP contribution in [-0.2, 0) is 4.74 Å². The number of aryl methyl sites for hydroxylation is 1. The second-order valence-corrected chi connectivity index (χ2v) is 9.30. The SMILES string of the molecule is COC(=O)c1c(C)[nH]c(C(=O)C(C)Sc2nc3ccccc3c(=O)n2-c2cccc(OC)c2)c1C. The molecule has 0 fully saturated rings. The number of hydrogen-bond acceptors (Lipinski definition) is 7. The number of carbonyl (C=O) groups excluding carboxylic acids is 2. The van der Waals surface area contributed by atoms with Crippen molar-refractivity contribution in [2.45, 2.75) is 31.2 Å². The summed E-state index contributed by atoms with van der Waals surface area (Å²) in [7, 11) is 2.86. The van der Waals surface area contributed by atoms with Crippen LogP contribution in [0.25, 0.3) is 16.6 Å². The first-order chi connectivity index (χ1) is 16.8. The summed E-state index contributed by atoms with van der Waals surface area (Å²) in [6, 6.07) is 14.2. The molecule has 0 amide bonds. The topological polar surface area (TPSA) is 103 Å². The van der Waals surface area contributed by atoms with Gasteiger partial charge in [0.25, 0.3) is 5.56 Å². The Bertz CT molecular complexity index is 1500. The number of benzene rings is 2. The standard InChI is InChI=1S/C26H25N3O5S/c1-14-21(25(32)34-5)15(2)27-22(14)23(30)16(3)35-26-28-20-12-7-6-11-19(20)24(31)29(26)17-9-8-10-18(13-17)33-4/h6-13,16,27H,1-5H3. The number of rotatable bonds is 7. The minimum atomic E-state index is -0.609. The fourth-order valence-corrected chi connectivity index (χ4v) is 4.97. The molecule has 2 heterocycles. The van der Waals surface area contributed by atoms with Crippen molar-refractivity contribution in [3.63, 3.8) is 0 Å². The molecule has 4 aromatic rings. The zero-order valence-corrected chi connectivity index (χ0v) is 20.9. The van der Waals surface area contributed by atoms with Gasteiger partial charge in [-0.05, 0) is 50.6 Å². The molecular weight excluding hydrogens is 466 g/mol. The Morgan fingerprint density at radius 3 is 2.54 bits per heavy atom. The first-order valence-electron chi connectivity index (χ1n) is 10.9. The van der Waals surface area contributed by atoms with Gasteiger partial charge < -0.3 is 14.5 Å². The Balaban J connectivity index is 1.79. The lowest BCUT2D eigenvalue weighted by molar-refractivity contribution is 0.0599. The average molecular weight is 492 g/mol. The summed E-state index contributed by atoms with van der Waals surface area (Å²) in [5.74, 6) is -0.125. The predicted molar refractivity (Wildman–Crippen MR) is 135 cm³/mol. The number of ether oxygens (including phenoxy) is 2. The molecule has 0 saturated carbocycles. The summed E-state index contributed by atoms with van der Waals surface area (Å²) >= 11 is 1.17. The number of H-pyrrole nitrogens is 1. The number of Topliss-reactive ketones (excluding diaryl/α,β-unsaturated/α-hetero) is 1. The van der Waals surface area contributed by atoms with Crippen molar-refractivity contribution in [3.8, 4) is 11.4 Å². The monoisotopic (exact) mass is 491 g/mol. The number of aromatic amines is 1. The van der Waals surface area contributed by atoms with Gasteiger partial charge in [0.15, 0.2) is 10.9 Å². The summed E-state index contributed by atoms with van der Waals surface area (Å²) in [6.07, 6.45) is 0. The molecule has 9 heteroatoms. The number of methoxy groups -OCH3 is 2. The molecule has 1 N–H and O–H groups in total. The number of nitrogens with zero attached hydrogens (tertiary/aromatic N) is 2. The van der Waals surface area contributed by atoms with Gasteiger partial charge in [-0.2, -0.15) is 0 Å². The molecule has 0 spiro atoms. The van der Waals surface area contributed by atoms with E-state index in [2.05, 4.69) is 4.98 Å². The second kappa shape index (κ2) is 9.79. The third kappa shape index (κ3) is 4.46. The average Bonchev–Trinajstić information content (AvgIpc) is 3.16. The van der Waals surface area contributed by atoms with Crippen LogP contribution in [0.4, 0.5) is 0 Å². The van der Waals surface area contributed by atoms with Crippen molar-refractivity contribution < 1.29 is 19.1 Å². The van der Waals surface area contributed by atoms with E-state index in [1.807, 2.05) is 6.07 Å². The van der Waals surface area contributed by atoms with Crippen LogP contribution >= 0.6 is 11.8 Å². The first kappa shape index (κ1) is 24.3. The molecule has 0 saturated heterocycles. The normalized spacial score (nSPS) is 11.9. The minimum absolute atomic E-state index is 0.217. The van der Waals surface area contributed by atoms with E-state index in [-0.39, 0.29) is 11.3 Å². The van der Waals surface area contributed by atoms with Crippen molar-refractivity contribution in [2.24, 2.45) is 0 Å². The van der Waals surface area contributed by atoms with Crippen LogP contribution in [0.5, 0.6) is 5.75 Å². The van der Waals surface area contributed by atoms with Gasteiger partial charge in [-0.1, -0.05) is 30.0 Å². The van der Waals surface area contributed by atoms with Crippen LogP contribution in [0.1, 0.15) is 39.0 Å². The lowest BCUT2D eigenvalue weighted by Crippen LogP contribution is -2.24. The smallest absolute Gasteiger partial charge is 0.339 e. The van der Waals surface area contributed by atoms with Crippen molar-refractivity contribution in [3.05, 3.63) is 81.4 Å². The lowest BCUT2D eigenvalue weighted by Gasteiger charge is -2.16. The Hall–Kier alpha value is -3.85. The second-order valence-electron chi connectivity index (χ2n) is 7.99. The van der Waals surface area contributed by atoms with Crippen LogP contribution in [-0.4, -0.2) is 45.8 Å². The molecule has 0 aliphatic heterocycles.